The number of nitrogens with one attached hydrogen (secondary N) is 2. The van der Waals surface area contributed by atoms with Gasteiger partial charge < -0.3 is 80.9 Å². The fourth-order valence-electron chi connectivity index (χ4n) is 13.6. The fourth-order valence-corrected chi connectivity index (χ4v) is 13.6. The molecule has 29 nitrogen and oxygen atoms in total. The van der Waals surface area contributed by atoms with Crippen LogP contribution in [-0.4, -0.2) is 188 Å². The Bertz CT molecular complexity index is 4390. The average molecular weight is 1390 g/mol. The van der Waals surface area contributed by atoms with Crippen LogP contribution in [0.15, 0.2) is 110 Å². The number of quaternary nitrogens is 1. The highest BCUT2D eigenvalue weighted by atomic mass is 16.5. The molecule has 532 valence electrons. The number of urea groups is 1. The highest BCUT2D eigenvalue weighted by molar-refractivity contribution is 5.90. The first kappa shape index (κ1) is 70.2. The summed E-state index contributed by atoms with van der Waals surface area (Å²) >= 11 is 0. The lowest BCUT2D eigenvalue weighted by Gasteiger charge is -2.38. The maximum absolute atomic E-state index is 12.2. The maximum atomic E-state index is 12.2. The van der Waals surface area contributed by atoms with E-state index in [1.807, 2.05) is 99.6 Å². The van der Waals surface area contributed by atoms with Gasteiger partial charge in [-0.15, -0.1) is 0 Å². The zero-order valence-corrected chi connectivity index (χ0v) is 58.5. The smallest absolute Gasteiger partial charge is 0.319 e. The number of hydrogen-bond donors (Lipinski definition) is 4. The summed E-state index contributed by atoms with van der Waals surface area (Å²) in [6.07, 6.45) is 7.41. The Morgan fingerprint density at radius 3 is 1.18 bits per heavy atom. The van der Waals surface area contributed by atoms with E-state index in [0.29, 0.717) is 95.5 Å². The number of morpholine rings is 3. The van der Waals surface area contributed by atoms with Crippen molar-refractivity contribution < 1.29 is 34.7 Å². The van der Waals surface area contributed by atoms with Gasteiger partial charge in [0.05, 0.1) is 114 Å². The number of fused-ring (bicyclic) bond motifs is 3. The van der Waals surface area contributed by atoms with Crippen molar-refractivity contribution in [3.8, 4) is 34.2 Å². The molecule has 0 unspecified atom stereocenters. The van der Waals surface area contributed by atoms with Gasteiger partial charge in [0, 0.05) is 119 Å². The molecule has 0 bridgehead atoms. The summed E-state index contributed by atoms with van der Waals surface area (Å²) in [5.74, 6) is 7.86. The highest BCUT2D eigenvalue weighted by Gasteiger charge is 2.34. The zero-order valence-electron chi connectivity index (χ0n) is 58.5. The predicted molar refractivity (Wildman–Crippen MR) is 390 cm³/mol. The van der Waals surface area contributed by atoms with Crippen LogP contribution < -0.4 is 51.2 Å². The van der Waals surface area contributed by atoms with Crippen LogP contribution in [-0.2, 0) is 57.8 Å². The Labute approximate surface area is 592 Å². The molecule has 0 aliphatic carbocycles. The minimum atomic E-state index is -0.236. The predicted octanol–water partition coefficient (Wildman–Crippen LogP) is 6.06. The van der Waals surface area contributed by atoms with E-state index in [9.17, 15) is 10.0 Å². The Kier molecular flexibility index (Phi) is 21.8. The molecule has 6 aromatic heterocycles. The van der Waals surface area contributed by atoms with Gasteiger partial charge in [-0.1, -0.05) is 0 Å². The molecule has 9 aromatic rings. The second kappa shape index (κ2) is 31.7. The van der Waals surface area contributed by atoms with E-state index in [1.165, 1.54) is 16.7 Å². The minimum Gasteiger partial charge on any atom is -0.630 e. The van der Waals surface area contributed by atoms with Gasteiger partial charge in [-0.25, -0.2) is 64.6 Å². The third-order valence-corrected chi connectivity index (χ3v) is 19.2. The van der Waals surface area contributed by atoms with E-state index in [2.05, 4.69) is 90.7 Å². The van der Waals surface area contributed by atoms with Crippen LogP contribution >= 0.6 is 0 Å². The number of aromatic nitrogens is 12. The summed E-state index contributed by atoms with van der Waals surface area (Å²) in [5, 5.41) is 16.8. The number of hydrogen-bond acceptors (Lipinski definition) is 25. The molecule has 2 amide bonds. The molecule has 4 saturated heterocycles. The van der Waals surface area contributed by atoms with Crippen molar-refractivity contribution in [2.45, 2.75) is 105 Å². The normalized spacial score (nSPS) is 18.8. The van der Waals surface area contributed by atoms with Crippen molar-refractivity contribution in [1.29, 1.82) is 0 Å². The largest absolute Gasteiger partial charge is 0.630 e. The van der Waals surface area contributed by atoms with E-state index in [-0.39, 0.29) is 35.7 Å². The number of nitrogen functional groups attached to an aromatic ring is 1. The third-order valence-electron chi connectivity index (χ3n) is 19.2. The molecule has 8 N–H and O–H groups in total. The van der Waals surface area contributed by atoms with Crippen molar-refractivity contribution in [1.82, 2.24) is 65.1 Å². The standard InChI is InChI=1S/C27H32N8O3.C23H27N7O2.C23H27N7O.H2O/c1-17-11-24(29-16-28-17)34-8-7-22-23(12-34)32-25(33-26(22)35-9-10-37-13-18(35)2)19-3-5-20(6-4-19)30-27(36)31-21-14-38-15-21;1-15-11-21(25-14-24-15)29-8-7-19-20(12-29)26-22(17-3-5-18(28-31)6-4-17)27-23(19)30-9-10-32-13-16(30)2;1-15-11-21(26-14-25-15)29-8-7-19-20(12-29)27-22(17-3-5-18(24)6-4-17)28-23(19)30-9-10-31-13-16(30)2;/h3-6,11,16,18,21H,7-10,12-15H2,1-2H3,(H2,30,31,36);3-6,11,14,16H,7-10,12-13,28H2,1-2H3;3-6,11,14,16H,7-10,12-13,24H2,1-2H3;1H2/t18-;2*16-;/m000./s1. The lowest BCUT2D eigenvalue weighted by molar-refractivity contribution is -0.497. The Hall–Kier alpha value is -10.3. The topological polar surface area (TPSA) is 349 Å². The molecule has 13 heterocycles. The SMILES string of the molecule is Cc1cc(N2CCc3c(nc(-c4ccc(N)cc4)nc3N3CCOC[C@@H]3C)C2)ncn1.Cc1cc(N2CCc3c(nc(-c4ccc(NC(=O)NC5COC5)cc4)nc3N3CCOC[C@@H]3C)C2)ncn1.Cc1cc(N2CCc3c(nc(-c4ccc([NH2+][O-])cc4)nc3N3CCOC[C@@H]3C)C2)ncn1.O. The third kappa shape index (κ3) is 16.1. The molecule has 3 aromatic carbocycles. The summed E-state index contributed by atoms with van der Waals surface area (Å²) in [6.45, 7) is 24.8. The number of nitrogens with zero attached hydrogens (tertiary/aromatic N) is 18. The number of nitrogens with two attached hydrogens (primary N) is 2. The van der Waals surface area contributed by atoms with Crippen molar-refractivity contribution in [2.24, 2.45) is 0 Å². The van der Waals surface area contributed by atoms with Gasteiger partial charge in [0.1, 0.15) is 59.6 Å². The number of rotatable bonds is 12. The van der Waals surface area contributed by atoms with Crippen LogP contribution in [0, 0.1) is 26.0 Å². The number of benzene rings is 3. The Balaban J connectivity index is 0.000000137. The van der Waals surface area contributed by atoms with Crippen LogP contribution in [0.2, 0.25) is 0 Å². The van der Waals surface area contributed by atoms with Crippen LogP contribution in [0.3, 0.4) is 0 Å². The first-order chi connectivity index (χ1) is 49.2. The molecule has 7 aliphatic rings. The molecule has 4 fully saturated rings. The second-order valence-corrected chi connectivity index (χ2v) is 26.6. The van der Waals surface area contributed by atoms with Gasteiger partial charge in [-0.3, -0.25) is 0 Å². The van der Waals surface area contributed by atoms with Crippen molar-refractivity contribution in [3.05, 3.63) is 166 Å². The summed E-state index contributed by atoms with van der Waals surface area (Å²) in [5.41, 5.74) is 21.1. The number of aryl methyl sites for hydroxylation is 3. The number of anilines is 8. The summed E-state index contributed by atoms with van der Waals surface area (Å²) in [7, 11) is 0. The lowest BCUT2D eigenvalue weighted by atomic mass is 10.0. The zero-order chi connectivity index (χ0) is 69.5. The van der Waals surface area contributed by atoms with Crippen molar-refractivity contribution in [2.75, 3.05) is 133 Å². The fraction of sp³-hybridized carbons (Fsp3) is 0.411. The van der Waals surface area contributed by atoms with Crippen molar-refractivity contribution >= 4 is 58.0 Å². The number of amides is 2. The molecule has 3 atom stereocenters. The quantitative estimate of drug-likeness (QED) is 0.0797. The lowest BCUT2D eigenvalue weighted by Crippen LogP contribution is -2.70. The van der Waals surface area contributed by atoms with E-state index in [4.69, 9.17) is 54.6 Å². The molecule has 0 radical (unpaired) electrons. The minimum absolute atomic E-state index is 0. The van der Waals surface area contributed by atoms with Crippen LogP contribution in [0.4, 0.5) is 56.8 Å². The molecular formula is C73H88N22O7. The van der Waals surface area contributed by atoms with E-state index in [1.54, 1.807) is 31.1 Å². The van der Waals surface area contributed by atoms with Gasteiger partial charge in [0.2, 0.25) is 0 Å². The van der Waals surface area contributed by atoms with Gasteiger partial charge in [0.25, 0.3) is 0 Å². The summed E-state index contributed by atoms with van der Waals surface area (Å²) in [4.78, 5) is 82.4. The molecule has 29 heteroatoms. The molecule has 102 heavy (non-hydrogen) atoms. The van der Waals surface area contributed by atoms with Gasteiger partial charge >= 0.3 is 6.03 Å². The maximum Gasteiger partial charge on any atom is 0.319 e. The molecule has 16 rings (SSSR count). The van der Waals surface area contributed by atoms with Crippen LogP contribution in [0.1, 0.15) is 71.6 Å². The number of carbonyl (C=O) groups excluding carboxylic acids is 1. The Morgan fingerprint density at radius 1 is 0.480 bits per heavy atom. The van der Waals surface area contributed by atoms with Gasteiger partial charge in [0.15, 0.2) is 17.5 Å². The second-order valence-electron chi connectivity index (χ2n) is 26.6. The first-order valence-corrected chi connectivity index (χ1v) is 34.7. The molecule has 0 spiro atoms. The Morgan fingerprint density at radius 2 is 0.843 bits per heavy atom. The van der Waals surface area contributed by atoms with E-state index in [0.717, 1.165) is 161 Å². The first-order valence-electron chi connectivity index (χ1n) is 34.7. The summed E-state index contributed by atoms with van der Waals surface area (Å²) < 4.78 is 22.1. The summed E-state index contributed by atoms with van der Waals surface area (Å²) in [6, 6.07) is 29.5. The molecule has 7 aliphatic heterocycles. The van der Waals surface area contributed by atoms with E-state index < -0.39 is 0 Å². The average Bonchev–Trinajstić information content (AvgIpc) is 0.780. The van der Waals surface area contributed by atoms with Gasteiger partial charge in [-0.05, 0) is 134 Å². The number of carbonyl (C=O) groups is 1. The van der Waals surface area contributed by atoms with Crippen molar-refractivity contribution in [3.63, 3.8) is 0 Å². The van der Waals surface area contributed by atoms with E-state index >= 15 is 0 Å². The molecular weight excluding hydrogens is 1300 g/mol. The van der Waals surface area contributed by atoms with Crippen LogP contribution in [0.5, 0.6) is 0 Å². The van der Waals surface area contributed by atoms with Crippen LogP contribution in [0.25, 0.3) is 34.2 Å². The monoisotopic (exact) mass is 1380 g/mol. The van der Waals surface area contributed by atoms with Gasteiger partial charge in [-0.2, -0.15) is 0 Å². The molecule has 0 saturated carbocycles. The number of ether oxygens (including phenoxy) is 4. The highest BCUT2D eigenvalue weighted by Crippen LogP contribution is 2.37.